The Kier molecular flexibility index (Phi) is 7.30. The van der Waals surface area contributed by atoms with Crippen molar-refractivity contribution in [1.82, 2.24) is 0 Å². The molecule has 0 bridgehead atoms. The first-order chi connectivity index (χ1) is 9.24. The third-order valence-electron chi connectivity index (χ3n) is 2.89. The Morgan fingerprint density at radius 2 is 2.00 bits per heavy atom. The van der Waals surface area contributed by atoms with Gasteiger partial charge in [0.1, 0.15) is 0 Å². The zero-order valence-electron chi connectivity index (χ0n) is 11.9. The molecule has 0 aromatic heterocycles. The molecule has 19 heavy (non-hydrogen) atoms. The minimum Gasteiger partial charge on any atom is -0.490 e. The number of aliphatic hydroxyl groups excluding tert-OH is 1. The van der Waals surface area contributed by atoms with Crippen LogP contribution in [0.1, 0.15) is 25.8 Å². The zero-order chi connectivity index (χ0) is 14.1. The molecule has 0 saturated carbocycles. The van der Waals surface area contributed by atoms with E-state index in [1.54, 1.807) is 0 Å². The Morgan fingerprint density at radius 3 is 2.58 bits per heavy atom. The van der Waals surface area contributed by atoms with E-state index in [0.29, 0.717) is 19.8 Å². The van der Waals surface area contributed by atoms with E-state index >= 15 is 0 Å². The molecule has 0 heterocycles. The van der Waals surface area contributed by atoms with Gasteiger partial charge in [-0.25, -0.2) is 0 Å². The van der Waals surface area contributed by atoms with Gasteiger partial charge in [0, 0.05) is 6.61 Å². The molecule has 0 saturated heterocycles. The van der Waals surface area contributed by atoms with E-state index in [0.717, 1.165) is 29.9 Å². The van der Waals surface area contributed by atoms with E-state index in [9.17, 15) is 5.11 Å². The molecule has 0 amide bonds. The fourth-order valence-corrected chi connectivity index (χ4v) is 1.83. The van der Waals surface area contributed by atoms with E-state index < -0.39 is 0 Å². The Morgan fingerprint density at radius 1 is 1.21 bits per heavy atom. The molecule has 1 unspecified atom stereocenters. The quantitative estimate of drug-likeness (QED) is 0.718. The van der Waals surface area contributed by atoms with Crippen molar-refractivity contribution in [2.75, 3.05) is 26.4 Å². The molecule has 0 radical (unpaired) electrons. The molecule has 0 spiro atoms. The highest BCUT2D eigenvalue weighted by atomic mass is 16.5. The van der Waals surface area contributed by atoms with Gasteiger partial charge in [0.15, 0.2) is 11.5 Å². The van der Waals surface area contributed by atoms with Crippen molar-refractivity contribution in [2.24, 2.45) is 11.7 Å². The maximum Gasteiger partial charge on any atom is 0.161 e. The summed E-state index contributed by atoms with van der Waals surface area (Å²) in [5.41, 5.74) is 6.72. The summed E-state index contributed by atoms with van der Waals surface area (Å²) in [5, 5.41) is 9.19. The topological polar surface area (TPSA) is 64.7 Å². The lowest BCUT2D eigenvalue weighted by Crippen LogP contribution is -2.20. The minimum absolute atomic E-state index is 0.0943. The maximum absolute atomic E-state index is 9.19. The van der Waals surface area contributed by atoms with Gasteiger partial charge >= 0.3 is 0 Å². The fourth-order valence-electron chi connectivity index (χ4n) is 1.83. The van der Waals surface area contributed by atoms with E-state index in [4.69, 9.17) is 15.2 Å². The van der Waals surface area contributed by atoms with Crippen LogP contribution in [0.3, 0.4) is 0 Å². The lowest BCUT2D eigenvalue weighted by atomic mass is 10.00. The molecule has 1 aromatic rings. The lowest BCUT2D eigenvalue weighted by molar-refractivity contribution is 0.229. The van der Waals surface area contributed by atoms with Crippen LogP contribution in [0.5, 0.6) is 11.5 Å². The normalized spacial score (nSPS) is 12.2. The van der Waals surface area contributed by atoms with Gasteiger partial charge in [0.2, 0.25) is 0 Å². The average Bonchev–Trinajstić information content (AvgIpc) is 2.44. The van der Waals surface area contributed by atoms with Gasteiger partial charge in [0.05, 0.1) is 13.2 Å². The summed E-state index contributed by atoms with van der Waals surface area (Å²) >= 11 is 0. The van der Waals surface area contributed by atoms with Crippen LogP contribution in [-0.4, -0.2) is 31.5 Å². The summed E-state index contributed by atoms with van der Waals surface area (Å²) in [6.07, 6.45) is 1.72. The molecule has 4 nitrogen and oxygen atoms in total. The van der Waals surface area contributed by atoms with Crippen LogP contribution in [0.15, 0.2) is 18.2 Å². The number of rotatable bonds is 9. The lowest BCUT2D eigenvalue weighted by Gasteiger charge is -2.15. The highest BCUT2D eigenvalue weighted by Crippen LogP contribution is 2.29. The number of aliphatic hydroxyl groups is 1. The van der Waals surface area contributed by atoms with Crippen molar-refractivity contribution in [3.05, 3.63) is 23.8 Å². The molecule has 4 heteroatoms. The molecule has 1 rings (SSSR count). The van der Waals surface area contributed by atoms with Crippen LogP contribution in [-0.2, 0) is 6.42 Å². The third kappa shape index (κ3) is 5.09. The number of hydrogen-bond donors (Lipinski definition) is 2. The maximum atomic E-state index is 9.19. The van der Waals surface area contributed by atoms with Gasteiger partial charge in [-0.2, -0.15) is 0 Å². The Balaban J connectivity index is 2.81. The summed E-state index contributed by atoms with van der Waals surface area (Å²) in [4.78, 5) is 0. The predicted molar refractivity (Wildman–Crippen MR) is 76.7 cm³/mol. The van der Waals surface area contributed by atoms with Gasteiger partial charge < -0.3 is 20.3 Å². The van der Waals surface area contributed by atoms with Crippen LogP contribution < -0.4 is 15.2 Å². The van der Waals surface area contributed by atoms with Gasteiger partial charge in [-0.1, -0.05) is 13.0 Å². The number of benzene rings is 1. The first-order valence-corrected chi connectivity index (χ1v) is 6.94. The summed E-state index contributed by atoms with van der Waals surface area (Å²) in [5.74, 6) is 1.64. The SMILES string of the molecule is CCCOc1ccc(CC(CN)CO)cc1OCC. The second-order valence-electron chi connectivity index (χ2n) is 4.55. The Hall–Kier alpha value is -1.26. The first-order valence-electron chi connectivity index (χ1n) is 6.94. The first kappa shape index (κ1) is 15.8. The molecular weight excluding hydrogens is 242 g/mol. The van der Waals surface area contributed by atoms with Crippen molar-refractivity contribution in [1.29, 1.82) is 0 Å². The summed E-state index contributed by atoms with van der Waals surface area (Å²) in [6.45, 7) is 5.89. The Labute approximate surface area is 115 Å². The molecule has 1 atom stereocenters. The summed E-state index contributed by atoms with van der Waals surface area (Å²) in [6, 6.07) is 5.92. The minimum atomic E-state index is 0.0943. The monoisotopic (exact) mass is 267 g/mol. The van der Waals surface area contributed by atoms with Gasteiger partial charge in [0.25, 0.3) is 0 Å². The van der Waals surface area contributed by atoms with E-state index in [1.165, 1.54) is 0 Å². The van der Waals surface area contributed by atoms with Crippen LogP contribution in [0.4, 0.5) is 0 Å². The number of hydrogen-bond acceptors (Lipinski definition) is 4. The molecule has 0 aliphatic carbocycles. The smallest absolute Gasteiger partial charge is 0.161 e. The van der Waals surface area contributed by atoms with Gasteiger partial charge in [-0.05, 0) is 49.9 Å². The van der Waals surface area contributed by atoms with Crippen LogP contribution in [0.2, 0.25) is 0 Å². The standard InChI is InChI=1S/C15H25NO3/c1-3-7-19-14-6-5-12(8-13(10-16)11-17)9-15(14)18-4-2/h5-6,9,13,17H,3-4,7-8,10-11,16H2,1-2H3. The van der Waals surface area contributed by atoms with Crippen molar-refractivity contribution in [3.8, 4) is 11.5 Å². The molecule has 108 valence electrons. The van der Waals surface area contributed by atoms with Crippen molar-refractivity contribution in [3.63, 3.8) is 0 Å². The average molecular weight is 267 g/mol. The Bertz CT molecular complexity index is 364. The highest BCUT2D eigenvalue weighted by Gasteiger charge is 2.10. The molecule has 0 aliphatic heterocycles. The van der Waals surface area contributed by atoms with Gasteiger partial charge in [-0.15, -0.1) is 0 Å². The third-order valence-corrected chi connectivity index (χ3v) is 2.89. The predicted octanol–water partition coefficient (Wildman–Crippen LogP) is 1.98. The molecule has 0 aliphatic rings. The van der Waals surface area contributed by atoms with E-state index in [1.807, 2.05) is 25.1 Å². The fraction of sp³-hybridized carbons (Fsp3) is 0.600. The number of nitrogens with two attached hydrogens (primary N) is 1. The summed E-state index contributed by atoms with van der Waals surface area (Å²) < 4.78 is 11.3. The summed E-state index contributed by atoms with van der Waals surface area (Å²) in [7, 11) is 0. The largest absolute Gasteiger partial charge is 0.490 e. The van der Waals surface area contributed by atoms with Crippen LogP contribution in [0, 0.1) is 5.92 Å². The molecule has 1 aromatic carbocycles. The second kappa shape index (κ2) is 8.77. The molecular formula is C15H25NO3. The zero-order valence-corrected chi connectivity index (χ0v) is 11.9. The second-order valence-corrected chi connectivity index (χ2v) is 4.55. The van der Waals surface area contributed by atoms with Crippen molar-refractivity contribution < 1.29 is 14.6 Å². The molecule has 0 fully saturated rings. The molecule has 3 N–H and O–H groups in total. The van der Waals surface area contributed by atoms with Crippen LogP contribution in [0.25, 0.3) is 0 Å². The number of ether oxygens (including phenoxy) is 2. The van der Waals surface area contributed by atoms with Crippen LogP contribution >= 0.6 is 0 Å². The van der Waals surface area contributed by atoms with E-state index in [-0.39, 0.29) is 12.5 Å². The van der Waals surface area contributed by atoms with Gasteiger partial charge in [-0.3, -0.25) is 0 Å². The highest BCUT2D eigenvalue weighted by molar-refractivity contribution is 5.43. The van der Waals surface area contributed by atoms with E-state index in [2.05, 4.69) is 6.92 Å². The van der Waals surface area contributed by atoms with Crippen molar-refractivity contribution >= 4 is 0 Å². The van der Waals surface area contributed by atoms with Crippen molar-refractivity contribution in [2.45, 2.75) is 26.7 Å².